The number of hydrogen-bond donors (Lipinski definition) is 1. The zero-order chi connectivity index (χ0) is 22.4. The van der Waals surface area contributed by atoms with Gasteiger partial charge in [0.2, 0.25) is 0 Å². The van der Waals surface area contributed by atoms with Crippen LogP contribution in [0.4, 0.5) is 13.2 Å². The van der Waals surface area contributed by atoms with E-state index in [0.29, 0.717) is 31.3 Å². The minimum absolute atomic E-state index is 0.371. The number of guanidine groups is 1. The van der Waals surface area contributed by atoms with Crippen LogP contribution in [0.25, 0.3) is 0 Å². The molecular formula is C22H34F3N5O. The van der Waals surface area contributed by atoms with Gasteiger partial charge in [-0.2, -0.15) is 13.2 Å². The highest BCUT2D eigenvalue weighted by atomic mass is 19.4. The standard InChI is InChI=1S/C22H34F3N5O/c1-4-28-8-10-29(11-9-28)17(2)15-27-21(26-3)30-12-13-31-20(16-30)18-6-5-7-19(14-18)22(23,24)25/h5-7,14,17,20H,4,8-13,15-16H2,1-3H3,(H,26,27). The van der Waals surface area contributed by atoms with Crippen LogP contribution in [0.5, 0.6) is 0 Å². The summed E-state index contributed by atoms with van der Waals surface area (Å²) in [5.74, 6) is 0.763. The summed E-state index contributed by atoms with van der Waals surface area (Å²) in [4.78, 5) is 11.4. The van der Waals surface area contributed by atoms with Crippen LogP contribution in [-0.2, 0) is 10.9 Å². The number of alkyl halides is 3. The number of hydrogen-bond acceptors (Lipinski definition) is 4. The molecule has 0 aliphatic carbocycles. The molecule has 2 saturated heterocycles. The molecule has 1 aromatic rings. The first-order valence-corrected chi connectivity index (χ1v) is 11.0. The van der Waals surface area contributed by atoms with Crippen molar-refractivity contribution in [2.75, 3.05) is 66.0 Å². The van der Waals surface area contributed by atoms with Crippen molar-refractivity contribution in [1.29, 1.82) is 0 Å². The lowest BCUT2D eigenvalue weighted by Crippen LogP contribution is -2.54. The van der Waals surface area contributed by atoms with Crippen LogP contribution in [0.2, 0.25) is 0 Å². The Kier molecular flexibility index (Phi) is 8.18. The molecule has 0 aromatic heterocycles. The first-order valence-electron chi connectivity index (χ1n) is 11.0. The second-order valence-electron chi connectivity index (χ2n) is 8.18. The molecule has 0 bridgehead atoms. The Morgan fingerprint density at radius 2 is 1.97 bits per heavy atom. The SMILES string of the molecule is CCN1CCN(C(C)CNC(=NC)N2CCOC(c3cccc(C(F)(F)F)c3)C2)CC1. The number of halogens is 3. The van der Waals surface area contributed by atoms with Gasteiger partial charge in [-0.05, 0) is 31.2 Å². The van der Waals surface area contributed by atoms with Crippen LogP contribution in [0.15, 0.2) is 29.3 Å². The summed E-state index contributed by atoms with van der Waals surface area (Å²) in [6.07, 6.45) is -4.78. The minimum atomic E-state index is -4.36. The van der Waals surface area contributed by atoms with E-state index in [2.05, 4.69) is 38.9 Å². The van der Waals surface area contributed by atoms with Gasteiger partial charge in [-0.3, -0.25) is 9.89 Å². The minimum Gasteiger partial charge on any atom is -0.370 e. The third-order valence-electron chi connectivity index (χ3n) is 6.20. The Bertz CT molecular complexity index is 734. The summed E-state index contributed by atoms with van der Waals surface area (Å²) in [5.41, 5.74) is -0.109. The van der Waals surface area contributed by atoms with Crippen molar-refractivity contribution < 1.29 is 17.9 Å². The normalized spacial score (nSPS) is 23.1. The fourth-order valence-corrected chi connectivity index (χ4v) is 4.18. The number of piperazine rings is 1. The van der Waals surface area contributed by atoms with E-state index in [0.717, 1.165) is 51.3 Å². The topological polar surface area (TPSA) is 43.3 Å². The van der Waals surface area contributed by atoms with Gasteiger partial charge >= 0.3 is 6.18 Å². The van der Waals surface area contributed by atoms with Gasteiger partial charge in [0.15, 0.2) is 5.96 Å². The highest BCUT2D eigenvalue weighted by Crippen LogP contribution is 2.32. The predicted octanol–water partition coefficient (Wildman–Crippen LogP) is 2.68. The van der Waals surface area contributed by atoms with Crippen molar-refractivity contribution in [3.63, 3.8) is 0 Å². The van der Waals surface area contributed by atoms with Gasteiger partial charge in [-0.1, -0.05) is 19.1 Å². The highest BCUT2D eigenvalue weighted by molar-refractivity contribution is 5.80. The molecule has 0 radical (unpaired) electrons. The average Bonchev–Trinajstić information content (AvgIpc) is 2.79. The number of nitrogens with one attached hydrogen (secondary N) is 1. The first kappa shape index (κ1) is 23.8. The van der Waals surface area contributed by atoms with Crippen LogP contribution < -0.4 is 5.32 Å². The van der Waals surface area contributed by atoms with Crippen molar-refractivity contribution >= 4 is 5.96 Å². The lowest BCUT2D eigenvalue weighted by Gasteiger charge is -2.39. The van der Waals surface area contributed by atoms with E-state index < -0.39 is 17.8 Å². The molecule has 0 amide bonds. The van der Waals surface area contributed by atoms with Gasteiger partial charge in [0.05, 0.1) is 18.7 Å². The number of morpholine rings is 1. The monoisotopic (exact) mass is 441 g/mol. The third-order valence-corrected chi connectivity index (χ3v) is 6.20. The highest BCUT2D eigenvalue weighted by Gasteiger charge is 2.32. The summed E-state index contributed by atoms with van der Waals surface area (Å²) in [6.45, 7) is 12.1. The fraction of sp³-hybridized carbons (Fsp3) is 0.682. The molecule has 1 aromatic carbocycles. The molecule has 2 aliphatic rings. The Labute approximate surface area is 183 Å². The molecule has 31 heavy (non-hydrogen) atoms. The maximum absolute atomic E-state index is 13.1. The first-order chi connectivity index (χ1) is 14.8. The second-order valence-corrected chi connectivity index (χ2v) is 8.18. The molecule has 2 unspecified atom stereocenters. The number of aliphatic imine (C=N–C) groups is 1. The molecule has 3 rings (SSSR count). The van der Waals surface area contributed by atoms with Crippen LogP contribution >= 0.6 is 0 Å². The van der Waals surface area contributed by atoms with Crippen molar-refractivity contribution in [2.24, 2.45) is 4.99 Å². The summed E-state index contributed by atoms with van der Waals surface area (Å²) in [7, 11) is 1.74. The number of likely N-dealkylation sites (N-methyl/N-ethyl adjacent to an activating group) is 1. The summed E-state index contributed by atoms with van der Waals surface area (Å²) in [5, 5.41) is 3.45. The Morgan fingerprint density at radius 1 is 1.23 bits per heavy atom. The fourth-order valence-electron chi connectivity index (χ4n) is 4.18. The molecule has 2 heterocycles. The predicted molar refractivity (Wildman–Crippen MR) is 116 cm³/mol. The van der Waals surface area contributed by atoms with Crippen LogP contribution in [-0.4, -0.2) is 92.7 Å². The molecule has 174 valence electrons. The summed E-state index contributed by atoms with van der Waals surface area (Å²) in [6, 6.07) is 5.77. The van der Waals surface area contributed by atoms with E-state index in [-0.39, 0.29) is 0 Å². The van der Waals surface area contributed by atoms with Gasteiger partial charge in [0, 0.05) is 52.4 Å². The smallest absolute Gasteiger partial charge is 0.370 e. The molecule has 6 nitrogen and oxygen atoms in total. The Balaban J connectivity index is 1.56. The lowest BCUT2D eigenvalue weighted by molar-refractivity contribution is -0.137. The zero-order valence-corrected chi connectivity index (χ0v) is 18.7. The van der Waals surface area contributed by atoms with E-state index in [1.165, 1.54) is 12.1 Å². The van der Waals surface area contributed by atoms with E-state index in [1.54, 1.807) is 13.1 Å². The largest absolute Gasteiger partial charge is 0.416 e. The van der Waals surface area contributed by atoms with Gasteiger partial charge < -0.3 is 19.9 Å². The van der Waals surface area contributed by atoms with Crippen LogP contribution in [0.1, 0.15) is 31.1 Å². The lowest BCUT2D eigenvalue weighted by atomic mass is 10.0. The molecule has 2 atom stereocenters. The summed E-state index contributed by atoms with van der Waals surface area (Å²) >= 11 is 0. The molecular weight excluding hydrogens is 407 g/mol. The second kappa shape index (κ2) is 10.7. The van der Waals surface area contributed by atoms with Gasteiger partial charge in [-0.15, -0.1) is 0 Å². The molecule has 2 fully saturated rings. The molecule has 0 saturated carbocycles. The number of rotatable bonds is 5. The molecule has 1 N–H and O–H groups in total. The quantitative estimate of drug-likeness (QED) is 0.562. The number of nitrogens with zero attached hydrogens (tertiary/aromatic N) is 4. The van der Waals surface area contributed by atoms with Gasteiger partial charge in [0.25, 0.3) is 0 Å². The van der Waals surface area contributed by atoms with E-state index >= 15 is 0 Å². The van der Waals surface area contributed by atoms with Crippen molar-refractivity contribution in [2.45, 2.75) is 32.2 Å². The van der Waals surface area contributed by atoms with Crippen molar-refractivity contribution in [1.82, 2.24) is 20.0 Å². The van der Waals surface area contributed by atoms with E-state index in [4.69, 9.17) is 4.74 Å². The van der Waals surface area contributed by atoms with Crippen LogP contribution in [0.3, 0.4) is 0 Å². The molecule has 2 aliphatic heterocycles. The molecule has 9 heteroatoms. The average molecular weight is 442 g/mol. The Morgan fingerprint density at radius 3 is 2.61 bits per heavy atom. The maximum atomic E-state index is 13.1. The van der Waals surface area contributed by atoms with E-state index in [1.807, 2.05) is 0 Å². The Hall–Kier alpha value is -1.84. The van der Waals surface area contributed by atoms with Crippen LogP contribution in [0, 0.1) is 0 Å². The zero-order valence-electron chi connectivity index (χ0n) is 18.7. The van der Waals surface area contributed by atoms with Crippen molar-refractivity contribution in [3.05, 3.63) is 35.4 Å². The van der Waals surface area contributed by atoms with Gasteiger partial charge in [0.1, 0.15) is 6.10 Å². The molecule has 0 spiro atoms. The van der Waals surface area contributed by atoms with Crippen molar-refractivity contribution in [3.8, 4) is 0 Å². The maximum Gasteiger partial charge on any atom is 0.416 e. The van der Waals surface area contributed by atoms with E-state index in [9.17, 15) is 13.2 Å². The number of ether oxygens (including phenoxy) is 1. The third kappa shape index (κ3) is 6.33. The van der Waals surface area contributed by atoms with Gasteiger partial charge in [-0.25, -0.2) is 0 Å². The number of benzene rings is 1. The summed E-state index contributed by atoms with van der Waals surface area (Å²) < 4.78 is 45.0.